The normalized spacial score (nSPS) is 17.4. The molecule has 0 bridgehead atoms. The number of hydrogen-bond donors (Lipinski definition) is 1. The standard InChI is InChI=1S/C21H24N6O3S/c1-16-7-5-6-14-26(16)31(29,30)19-12-10-18(11-13-19)22-20(28)15-27-24-21(23-25-27)17-8-3-2-4-9-17/h2-4,8-13,16H,5-7,14-15H2,1H3,(H,22,28)/t16-/m0/s1. The summed E-state index contributed by atoms with van der Waals surface area (Å²) in [5, 5.41) is 14.8. The van der Waals surface area contributed by atoms with Crippen LogP contribution >= 0.6 is 0 Å². The molecule has 2 aromatic carbocycles. The van der Waals surface area contributed by atoms with Gasteiger partial charge in [-0.05, 0) is 49.2 Å². The number of hydrogen-bond acceptors (Lipinski definition) is 6. The molecule has 0 radical (unpaired) electrons. The zero-order chi connectivity index (χ0) is 21.8. The Morgan fingerprint density at radius 1 is 1.10 bits per heavy atom. The number of nitrogens with one attached hydrogen (secondary N) is 1. The first kappa shape index (κ1) is 21.1. The van der Waals surface area contributed by atoms with Crippen LogP contribution in [0.4, 0.5) is 5.69 Å². The zero-order valence-corrected chi connectivity index (χ0v) is 18.0. The van der Waals surface area contributed by atoms with Crippen LogP contribution in [-0.2, 0) is 21.4 Å². The van der Waals surface area contributed by atoms with E-state index in [2.05, 4.69) is 20.7 Å². The first-order valence-corrected chi connectivity index (χ1v) is 11.6. The minimum atomic E-state index is -3.54. The number of aromatic nitrogens is 4. The molecule has 3 aromatic rings. The Balaban J connectivity index is 1.39. The van der Waals surface area contributed by atoms with Crippen molar-refractivity contribution in [1.29, 1.82) is 0 Å². The van der Waals surface area contributed by atoms with E-state index in [0.717, 1.165) is 24.8 Å². The molecule has 1 N–H and O–H groups in total. The van der Waals surface area contributed by atoms with Crippen molar-refractivity contribution in [3.63, 3.8) is 0 Å². The van der Waals surface area contributed by atoms with Crippen LogP contribution in [-0.4, -0.2) is 51.4 Å². The summed E-state index contributed by atoms with van der Waals surface area (Å²) < 4.78 is 27.4. The predicted molar refractivity (Wildman–Crippen MR) is 116 cm³/mol. The summed E-state index contributed by atoms with van der Waals surface area (Å²) in [5.74, 6) is 0.104. The molecular formula is C21H24N6O3S. The third-order valence-electron chi connectivity index (χ3n) is 5.26. The number of piperidine rings is 1. The summed E-state index contributed by atoms with van der Waals surface area (Å²) in [4.78, 5) is 13.8. The van der Waals surface area contributed by atoms with Crippen molar-refractivity contribution in [1.82, 2.24) is 24.5 Å². The van der Waals surface area contributed by atoms with Gasteiger partial charge in [-0.15, -0.1) is 10.2 Å². The fraction of sp³-hybridized carbons (Fsp3) is 0.333. The Morgan fingerprint density at radius 2 is 1.84 bits per heavy atom. The lowest BCUT2D eigenvalue weighted by molar-refractivity contribution is -0.117. The predicted octanol–water partition coefficient (Wildman–Crippen LogP) is 2.54. The second-order valence-corrected chi connectivity index (χ2v) is 9.43. The number of amides is 1. The first-order valence-electron chi connectivity index (χ1n) is 10.2. The lowest BCUT2D eigenvalue weighted by Crippen LogP contribution is -2.41. The van der Waals surface area contributed by atoms with E-state index < -0.39 is 10.0 Å². The van der Waals surface area contributed by atoms with Crippen molar-refractivity contribution in [3.8, 4) is 11.4 Å². The van der Waals surface area contributed by atoms with Gasteiger partial charge in [0, 0.05) is 23.8 Å². The van der Waals surface area contributed by atoms with Gasteiger partial charge in [-0.2, -0.15) is 9.10 Å². The maximum atomic E-state index is 12.9. The Morgan fingerprint density at radius 3 is 2.55 bits per heavy atom. The zero-order valence-electron chi connectivity index (χ0n) is 17.2. The molecule has 4 rings (SSSR count). The minimum Gasteiger partial charge on any atom is -0.324 e. The van der Waals surface area contributed by atoms with Crippen LogP contribution in [0.25, 0.3) is 11.4 Å². The SMILES string of the molecule is C[C@H]1CCCCN1S(=O)(=O)c1ccc(NC(=O)Cn2nnc(-c3ccccc3)n2)cc1. The van der Waals surface area contributed by atoms with Gasteiger partial charge in [0.15, 0.2) is 0 Å². The molecule has 0 unspecified atom stereocenters. The van der Waals surface area contributed by atoms with Gasteiger partial charge in [0.05, 0.1) is 4.90 Å². The first-order chi connectivity index (χ1) is 14.9. The number of benzene rings is 2. The fourth-order valence-corrected chi connectivity index (χ4v) is 5.32. The van der Waals surface area contributed by atoms with Gasteiger partial charge in [-0.25, -0.2) is 8.42 Å². The molecule has 10 heteroatoms. The molecule has 1 atom stereocenters. The van der Waals surface area contributed by atoms with Crippen molar-refractivity contribution < 1.29 is 13.2 Å². The molecule has 1 fully saturated rings. The number of carbonyl (C=O) groups excluding carboxylic acids is 1. The Bertz CT molecular complexity index is 1150. The van der Waals surface area contributed by atoms with Gasteiger partial charge < -0.3 is 5.32 Å². The van der Waals surface area contributed by atoms with Crippen molar-refractivity contribution in [2.24, 2.45) is 0 Å². The van der Waals surface area contributed by atoms with E-state index in [9.17, 15) is 13.2 Å². The van der Waals surface area contributed by atoms with Crippen LogP contribution in [0, 0.1) is 0 Å². The second-order valence-electron chi connectivity index (χ2n) is 7.54. The number of rotatable bonds is 6. The van der Waals surface area contributed by atoms with Crippen LogP contribution < -0.4 is 5.32 Å². The maximum Gasteiger partial charge on any atom is 0.248 e. The second kappa shape index (κ2) is 8.94. The summed E-state index contributed by atoms with van der Waals surface area (Å²) in [7, 11) is -3.54. The molecule has 162 valence electrons. The molecular weight excluding hydrogens is 416 g/mol. The number of sulfonamides is 1. The molecule has 31 heavy (non-hydrogen) atoms. The molecule has 2 heterocycles. The van der Waals surface area contributed by atoms with Crippen LogP contribution in [0.2, 0.25) is 0 Å². The lowest BCUT2D eigenvalue weighted by atomic mass is 10.1. The third kappa shape index (κ3) is 4.80. The lowest BCUT2D eigenvalue weighted by Gasteiger charge is -2.32. The monoisotopic (exact) mass is 440 g/mol. The fourth-order valence-electron chi connectivity index (χ4n) is 3.62. The summed E-state index contributed by atoms with van der Waals surface area (Å²) in [6, 6.07) is 15.6. The summed E-state index contributed by atoms with van der Waals surface area (Å²) >= 11 is 0. The highest BCUT2D eigenvalue weighted by Gasteiger charge is 2.30. The van der Waals surface area contributed by atoms with Crippen molar-refractivity contribution in [3.05, 3.63) is 54.6 Å². The largest absolute Gasteiger partial charge is 0.324 e. The summed E-state index contributed by atoms with van der Waals surface area (Å²) in [6.45, 7) is 2.37. The number of nitrogens with zero attached hydrogens (tertiary/aromatic N) is 5. The van der Waals surface area contributed by atoms with E-state index >= 15 is 0 Å². The van der Waals surface area contributed by atoms with Gasteiger partial charge >= 0.3 is 0 Å². The molecule has 0 saturated carbocycles. The van der Waals surface area contributed by atoms with Gasteiger partial charge in [0.1, 0.15) is 6.54 Å². The topological polar surface area (TPSA) is 110 Å². The van der Waals surface area contributed by atoms with Gasteiger partial charge in [0.2, 0.25) is 21.8 Å². The van der Waals surface area contributed by atoms with Crippen LogP contribution in [0.5, 0.6) is 0 Å². The van der Waals surface area contributed by atoms with E-state index in [0.29, 0.717) is 18.1 Å². The molecule has 1 saturated heterocycles. The average Bonchev–Trinajstić information content (AvgIpc) is 3.23. The van der Waals surface area contributed by atoms with E-state index in [-0.39, 0.29) is 23.4 Å². The number of tetrazole rings is 1. The Labute approximate surface area is 181 Å². The molecule has 0 spiro atoms. The van der Waals surface area contributed by atoms with Gasteiger partial charge in [-0.3, -0.25) is 4.79 Å². The average molecular weight is 441 g/mol. The van der Waals surface area contributed by atoms with E-state index in [4.69, 9.17) is 0 Å². The maximum absolute atomic E-state index is 12.9. The Kier molecular flexibility index (Phi) is 6.10. The van der Waals surface area contributed by atoms with Crippen LogP contribution in [0.3, 0.4) is 0 Å². The number of anilines is 1. The molecule has 1 amide bonds. The summed E-state index contributed by atoms with van der Waals surface area (Å²) in [5.41, 5.74) is 1.31. The van der Waals surface area contributed by atoms with E-state index in [1.165, 1.54) is 16.9 Å². The van der Waals surface area contributed by atoms with Crippen molar-refractivity contribution in [2.75, 3.05) is 11.9 Å². The summed E-state index contributed by atoms with van der Waals surface area (Å²) in [6.07, 6.45) is 2.79. The molecule has 1 aromatic heterocycles. The highest BCUT2D eigenvalue weighted by Crippen LogP contribution is 2.25. The molecule has 9 nitrogen and oxygen atoms in total. The third-order valence-corrected chi connectivity index (χ3v) is 7.28. The molecule has 1 aliphatic heterocycles. The van der Waals surface area contributed by atoms with Crippen LogP contribution in [0.15, 0.2) is 59.5 Å². The number of carbonyl (C=O) groups is 1. The molecule has 0 aliphatic carbocycles. The van der Waals surface area contributed by atoms with Crippen LogP contribution in [0.1, 0.15) is 26.2 Å². The smallest absolute Gasteiger partial charge is 0.248 e. The van der Waals surface area contributed by atoms with Crippen molar-refractivity contribution in [2.45, 2.75) is 43.7 Å². The van der Waals surface area contributed by atoms with Gasteiger partial charge in [0.25, 0.3) is 0 Å². The van der Waals surface area contributed by atoms with E-state index in [1.54, 1.807) is 16.4 Å². The highest BCUT2D eigenvalue weighted by molar-refractivity contribution is 7.89. The minimum absolute atomic E-state index is 0.00548. The highest BCUT2D eigenvalue weighted by atomic mass is 32.2. The van der Waals surface area contributed by atoms with E-state index in [1.807, 2.05) is 37.3 Å². The quantitative estimate of drug-likeness (QED) is 0.631. The van der Waals surface area contributed by atoms with Gasteiger partial charge in [-0.1, -0.05) is 36.8 Å². The molecule has 1 aliphatic rings. The Hall–Kier alpha value is -3.11. The van der Waals surface area contributed by atoms with Crippen molar-refractivity contribution >= 4 is 21.6 Å².